The third-order valence-electron chi connectivity index (χ3n) is 3.67. The van der Waals surface area contributed by atoms with E-state index in [2.05, 4.69) is 13.0 Å². The first kappa shape index (κ1) is 13.7. The minimum absolute atomic E-state index is 0.377. The van der Waals surface area contributed by atoms with Crippen molar-refractivity contribution in [3.8, 4) is 5.75 Å². The lowest BCUT2D eigenvalue weighted by Crippen LogP contribution is -2.07. The second kappa shape index (κ2) is 5.47. The predicted octanol–water partition coefficient (Wildman–Crippen LogP) is 3.41. The van der Waals surface area contributed by atoms with Crippen LogP contribution in [0.4, 0.5) is 0 Å². The fourth-order valence-electron chi connectivity index (χ4n) is 2.19. The molecule has 0 unspecified atom stereocenters. The van der Waals surface area contributed by atoms with E-state index in [4.69, 9.17) is 9.84 Å². The zero-order chi connectivity index (χ0) is 14.0. The van der Waals surface area contributed by atoms with Crippen molar-refractivity contribution < 1.29 is 14.6 Å². The number of rotatable bonds is 5. The summed E-state index contributed by atoms with van der Waals surface area (Å²) in [5.74, 6) is 0.404. The molecular formula is C16H20O3. The normalized spacial score (nSPS) is 15.4. The Morgan fingerprint density at radius 1 is 1.32 bits per heavy atom. The van der Waals surface area contributed by atoms with Gasteiger partial charge in [-0.05, 0) is 61.8 Å². The molecule has 1 aliphatic carbocycles. The molecule has 0 aromatic heterocycles. The molecule has 0 amide bonds. The fraction of sp³-hybridized carbons (Fsp3) is 0.438. The smallest absolute Gasteiger partial charge is 0.328 e. The summed E-state index contributed by atoms with van der Waals surface area (Å²) in [5, 5.41) is 8.88. The van der Waals surface area contributed by atoms with Crippen molar-refractivity contribution >= 4 is 5.97 Å². The molecule has 1 N–H and O–H groups in total. The molecule has 102 valence electrons. The van der Waals surface area contributed by atoms with Crippen LogP contribution in [0.2, 0.25) is 0 Å². The molecule has 3 nitrogen and oxygen atoms in total. The number of hydrogen-bond acceptors (Lipinski definition) is 2. The van der Waals surface area contributed by atoms with Gasteiger partial charge in [-0.2, -0.15) is 0 Å². The van der Waals surface area contributed by atoms with E-state index in [9.17, 15) is 4.79 Å². The van der Waals surface area contributed by atoms with Crippen LogP contribution >= 0.6 is 0 Å². The molecule has 19 heavy (non-hydrogen) atoms. The number of carbonyl (C=O) groups is 1. The highest BCUT2D eigenvalue weighted by atomic mass is 16.5. The maximum absolute atomic E-state index is 10.8. The van der Waals surface area contributed by atoms with Gasteiger partial charge in [-0.25, -0.2) is 4.79 Å². The van der Waals surface area contributed by atoms with Crippen molar-refractivity contribution in [3.63, 3.8) is 0 Å². The SMILES string of the molecule is Cc1ccc(C)c(OC/C(=C/C(=O)O)C2CC2)c1C. The Morgan fingerprint density at radius 2 is 1.95 bits per heavy atom. The lowest BCUT2D eigenvalue weighted by atomic mass is 10.1. The van der Waals surface area contributed by atoms with Gasteiger partial charge in [0.15, 0.2) is 0 Å². The van der Waals surface area contributed by atoms with E-state index in [-0.39, 0.29) is 0 Å². The zero-order valence-corrected chi connectivity index (χ0v) is 11.7. The Kier molecular flexibility index (Phi) is 3.93. The average molecular weight is 260 g/mol. The van der Waals surface area contributed by atoms with Crippen LogP contribution in [0.1, 0.15) is 29.5 Å². The maximum Gasteiger partial charge on any atom is 0.328 e. The maximum atomic E-state index is 10.8. The van der Waals surface area contributed by atoms with E-state index < -0.39 is 5.97 Å². The van der Waals surface area contributed by atoms with Gasteiger partial charge in [0, 0.05) is 6.08 Å². The van der Waals surface area contributed by atoms with Gasteiger partial charge in [0.2, 0.25) is 0 Å². The molecular weight excluding hydrogens is 240 g/mol. The molecule has 1 aromatic carbocycles. The van der Waals surface area contributed by atoms with Crippen LogP contribution in [0.3, 0.4) is 0 Å². The van der Waals surface area contributed by atoms with Crippen molar-refractivity contribution in [2.45, 2.75) is 33.6 Å². The molecule has 1 aliphatic rings. The Labute approximate surface area is 113 Å². The minimum Gasteiger partial charge on any atom is -0.489 e. The summed E-state index contributed by atoms with van der Waals surface area (Å²) in [7, 11) is 0. The topological polar surface area (TPSA) is 46.5 Å². The second-order valence-electron chi connectivity index (χ2n) is 5.27. The van der Waals surface area contributed by atoms with Crippen LogP contribution in [-0.4, -0.2) is 17.7 Å². The number of ether oxygens (including phenoxy) is 1. The number of benzene rings is 1. The summed E-state index contributed by atoms with van der Waals surface area (Å²) in [6.45, 7) is 6.48. The summed E-state index contributed by atoms with van der Waals surface area (Å²) < 4.78 is 5.88. The summed E-state index contributed by atoms with van der Waals surface area (Å²) in [6.07, 6.45) is 3.46. The van der Waals surface area contributed by atoms with Gasteiger partial charge < -0.3 is 9.84 Å². The summed E-state index contributed by atoms with van der Waals surface area (Å²) >= 11 is 0. The highest BCUT2D eigenvalue weighted by Crippen LogP contribution is 2.37. The summed E-state index contributed by atoms with van der Waals surface area (Å²) in [6, 6.07) is 4.11. The first-order chi connectivity index (χ1) is 8.99. The van der Waals surface area contributed by atoms with Gasteiger partial charge in [-0.15, -0.1) is 0 Å². The van der Waals surface area contributed by atoms with Crippen LogP contribution in [0, 0.1) is 26.7 Å². The monoisotopic (exact) mass is 260 g/mol. The van der Waals surface area contributed by atoms with Gasteiger partial charge in [0.05, 0.1) is 0 Å². The van der Waals surface area contributed by atoms with E-state index in [1.165, 1.54) is 11.6 Å². The van der Waals surface area contributed by atoms with Crippen LogP contribution < -0.4 is 4.74 Å². The quantitative estimate of drug-likeness (QED) is 0.825. The standard InChI is InChI=1S/C16H20O3/c1-10-4-5-11(2)16(12(10)3)19-9-14(8-15(17)18)13-6-7-13/h4-5,8,13H,6-7,9H2,1-3H3,(H,17,18)/b14-8-. The van der Waals surface area contributed by atoms with Crippen LogP contribution in [0.15, 0.2) is 23.8 Å². The van der Waals surface area contributed by atoms with Crippen molar-refractivity contribution in [2.75, 3.05) is 6.61 Å². The molecule has 0 saturated heterocycles. The zero-order valence-electron chi connectivity index (χ0n) is 11.7. The molecule has 1 aromatic rings. The molecule has 0 atom stereocenters. The van der Waals surface area contributed by atoms with Gasteiger partial charge in [-0.1, -0.05) is 12.1 Å². The predicted molar refractivity (Wildman–Crippen MR) is 74.6 cm³/mol. The fourth-order valence-corrected chi connectivity index (χ4v) is 2.19. The number of aryl methyl sites for hydroxylation is 2. The van der Waals surface area contributed by atoms with Gasteiger partial charge >= 0.3 is 5.97 Å². The van der Waals surface area contributed by atoms with Crippen molar-refractivity contribution in [3.05, 3.63) is 40.5 Å². The van der Waals surface area contributed by atoms with E-state index in [0.29, 0.717) is 12.5 Å². The molecule has 0 spiro atoms. The van der Waals surface area contributed by atoms with Crippen LogP contribution in [0.25, 0.3) is 0 Å². The largest absolute Gasteiger partial charge is 0.489 e. The Bertz CT molecular complexity index is 525. The van der Waals surface area contributed by atoms with Gasteiger partial charge in [-0.3, -0.25) is 0 Å². The minimum atomic E-state index is -0.886. The average Bonchev–Trinajstić information content (AvgIpc) is 3.16. The number of hydrogen-bond donors (Lipinski definition) is 1. The number of carboxylic acid groups (broad SMARTS) is 1. The van der Waals surface area contributed by atoms with E-state index >= 15 is 0 Å². The third kappa shape index (κ3) is 3.37. The first-order valence-electron chi connectivity index (χ1n) is 6.62. The van der Waals surface area contributed by atoms with Crippen molar-refractivity contribution in [2.24, 2.45) is 5.92 Å². The second-order valence-corrected chi connectivity index (χ2v) is 5.27. The third-order valence-corrected chi connectivity index (χ3v) is 3.67. The number of carboxylic acids is 1. The first-order valence-corrected chi connectivity index (χ1v) is 6.62. The molecule has 0 radical (unpaired) electrons. The van der Waals surface area contributed by atoms with E-state index in [1.807, 2.05) is 19.9 Å². The van der Waals surface area contributed by atoms with Gasteiger partial charge in [0.1, 0.15) is 12.4 Å². The lowest BCUT2D eigenvalue weighted by Gasteiger charge is -2.15. The highest BCUT2D eigenvalue weighted by Gasteiger charge is 2.27. The molecule has 0 aliphatic heterocycles. The summed E-state index contributed by atoms with van der Waals surface area (Å²) in [4.78, 5) is 10.8. The lowest BCUT2D eigenvalue weighted by molar-refractivity contribution is -0.131. The number of aliphatic carboxylic acids is 1. The summed E-state index contributed by atoms with van der Waals surface area (Å²) in [5.41, 5.74) is 4.31. The van der Waals surface area contributed by atoms with Crippen LogP contribution in [0.5, 0.6) is 5.75 Å². The molecule has 1 fully saturated rings. The van der Waals surface area contributed by atoms with E-state index in [1.54, 1.807) is 0 Å². The van der Waals surface area contributed by atoms with Crippen LogP contribution in [-0.2, 0) is 4.79 Å². The van der Waals surface area contributed by atoms with E-state index in [0.717, 1.165) is 35.3 Å². The Morgan fingerprint density at radius 3 is 2.53 bits per heavy atom. The Hall–Kier alpha value is -1.77. The molecule has 0 bridgehead atoms. The highest BCUT2D eigenvalue weighted by molar-refractivity contribution is 5.81. The Balaban J connectivity index is 2.13. The van der Waals surface area contributed by atoms with Crippen molar-refractivity contribution in [1.29, 1.82) is 0 Å². The molecule has 3 heteroatoms. The molecule has 0 heterocycles. The van der Waals surface area contributed by atoms with Gasteiger partial charge in [0.25, 0.3) is 0 Å². The molecule has 2 rings (SSSR count). The van der Waals surface area contributed by atoms with Crippen molar-refractivity contribution in [1.82, 2.24) is 0 Å². The molecule has 1 saturated carbocycles.